The third-order valence-electron chi connectivity index (χ3n) is 6.24. The van der Waals surface area contributed by atoms with E-state index in [1.807, 2.05) is 10.6 Å². The highest BCUT2D eigenvalue weighted by molar-refractivity contribution is 5.72. The quantitative estimate of drug-likeness (QED) is 0.365. The van der Waals surface area contributed by atoms with Gasteiger partial charge in [0, 0.05) is 36.2 Å². The summed E-state index contributed by atoms with van der Waals surface area (Å²) in [6.07, 6.45) is 1.67. The molecule has 0 bridgehead atoms. The number of pyridine rings is 1. The Labute approximate surface area is 207 Å². The Morgan fingerprint density at radius 1 is 1.14 bits per heavy atom. The first kappa shape index (κ1) is 24.5. The minimum absolute atomic E-state index is 0.00235. The molecule has 0 radical (unpaired) electrons. The molecule has 4 aromatic rings. The van der Waals surface area contributed by atoms with Crippen LogP contribution in [0.5, 0.6) is 0 Å². The van der Waals surface area contributed by atoms with Crippen molar-refractivity contribution in [2.24, 2.45) is 0 Å². The van der Waals surface area contributed by atoms with Gasteiger partial charge in [-0.3, -0.25) is 4.68 Å². The molecule has 1 fully saturated rings. The third kappa shape index (κ3) is 5.20. The van der Waals surface area contributed by atoms with Gasteiger partial charge in [-0.1, -0.05) is 0 Å². The topological polar surface area (TPSA) is 110 Å². The summed E-state index contributed by atoms with van der Waals surface area (Å²) in [6.45, 7) is -0.739. The minimum atomic E-state index is -4.74. The highest BCUT2D eigenvalue weighted by Crippen LogP contribution is 2.37. The van der Waals surface area contributed by atoms with E-state index in [4.69, 9.17) is 5.26 Å². The lowest BCUT2D eigenvalue weighted by Crippen LogP contribution is -2.29. The van der Waals surface area contributed by atoms with Crippen molar-refractivity contribution in [1.29, 1.82) is 5.26 Å². The Morgan fingerprint density at radius 2 is 1.97 bits per heavy atom. The molecule has 0 saturated heterocycles. The fraction of sp³-hybridized carbons (Fsp3) is 0.391. The molecule has 0 aromatic carbocycles. The van der Waals surface area contributed by atoms with Crippen LogP contribution in [0.2, 0.25) is 0 Å². The summed E-state index contributed by atoms with van der Waals surface area (Å²) in [5.41, 5.74) is 0.124. The molecule has 0 aliphatic heterocycles. The average Bonchev–Trinajstić information content (AvgIpc) is 3.49. The summed E-state index contributed by atoms with van der Waals surface area (Å²) in [5, 5.41) is 15.9. The van der Waals surface area contributed by atoms with Crippen molar-refractivity contribution >= 4 is 17.1 Å². The van der Waals surface area contributed by atoms with Gasteiger partial charge < -0.3 is 9.88 Å². The first-order valence-electron chi connectivity index (χ1n) is 11.5. The van der Waals surface area contributed by atoms with Crippen molar-refractivity contribution in [2.45, 2.75) is 56.9 Å². The molecule has 2 atom stereocenters. The maximum Gasteiger partial charge on any atom is 0.419 e. The van der Waals surface area contributed by atoms with E-state index in [-0.39, 0.29) is 23.6 Å². The van der Waals surface area contributed by atoms with E-state index >= 15 is 0 Å². The van der Waals surface area contributed by atoms with Crippen LogP contribution in [-0.2, 0) is 12.7 Å². The largest absolute Gasteiger partial charge is 0.419 e. The summed E-state index contributed by atoms with van der Waals surface area (Å²) < 4.78 is 69.1. The molecule has 4 aromatic heterocycles. The molecular weight excluding hydrogens is 497 g/mol. The normalized spacial score (nSPS) is 18.3. The number of nitrogens with zero attached hydrogens (tertiary/aromatic N) is 8. The SMILES string of the molecule is N#Cc1cnc2c(c1)ncn2[C@H]1CCC[C@@H](Nc2ncc(C(F)(F)F)c(-c3cnn(CC(F)F)c3)n2)C1. The number of alkyl halides is 5. The number of hydrogen-bond acceptors (Lipinski definition) is 7. The highest BCUT2D eigenvalue weighted by atomic mass is 19.4. The molecule has 14 heteroatoms. The molecule has 5 rings (SSSR count). The zero-order valence-electron chi connectivity index (χ0n) is 19.2. The molecule has 0 spiro atoms. The average molecular weight is 517 g/mol. The summed E-state index contributed by atoms with van der Waals surface area (Å²) in [6, 6.07) is 3.59. The minimum Gasteiger partial charge on any atom is -0.351 e. The Hall–Kier alpha value is -4.15. The van der Waals surface area contributed by atoms with Crippen LogP contribution < -0.4 is 5.32 Å². The molecule has 192 valence electrons. The van der Waals surface area contributed by atoms with Gasteiger partial charge in [0.25, 0.3) is 6.43 Å². The summed E-state index contributed by atoms with van der Waals surface area (Å²) in [5.74, 6) is 0.00235. The smallest absolute Gasteiger partial charge is 0.351 e. The van der Waals surface area contributed by atoms with Crippen LogP contribution in [0.4, 0.5) is 27.9 Å². The van der Waals surface area contributed by atoms with Crippen LogP contribution in [0.15, 0.2) is 37.2 Å². The third-order valence-corrected chi connectivity index (χ3v) is 6.24. The lowest BCUT2D eigenvalue weighted by Gasteiger charge is -2.30. The number of imidazole rings is 1. The van der Waals surface area contributed by atoms with E-state index in [1.165, 1.54) is 6.20 Å². The molecule has 1 saturated carbocycles. The van der Waals surface area contributed by atoms with Gasteiger partial charge in [-0.05, 0) is 31.7 Å². The van der Waals surface area contributed by atoms with Crippen LogP contribution in [0.3, 0.4) is 0 Å². The number of fused-ring (bicyclic) bond motifs is 1. The van der Waals surface area contributed by atoms with E-state index in [2.05, 4.69) is 30.4 Å². The second-order valence-corrected chi connectivity index (χ2v) is 8.79. The number of hydrogen-bond donors (Lipinski definition) is 1. The van der Waals surface area contributed by atoms with Gasteiger partial charge >= 0.3 is 6.18 Å². The second-order valence-electron chi connectivity index (χ2n) is 8.79. The van der Waals surface area contributed by atoms with Crippen LogP contribution >= 0.6 is 0 Å². The fourth-order valence-corrected chi connectivity index (χ4v) is 4.58. The molecular formula is C23H20F5N9. The Bertz CT molecular complexity index is 1450. The van der Waals surface area contributed by atoms with E-state index in [9.17, 15) is 22.0 Å². The number of nitriles is 1. The van der Waals surface area contributed by atoms with Gasteiger partial charge in [-0.2, -0.15) is 23.5 Å². The molecule has 9 nitrogen and oxygen atoms in total. The second kappa shape index (κ2) is 9.72. The highest BCUT2D eigenvalue weighted by Gasteiger charge is 2.36. The molecule has 1 aliphatic carbocycles. The van der Waals surface area contributed by atoms with E-state index in [0.29, 0.717) is 29.3 Å². The zero-order valence-corrected chi connectivity index (χ0v) is 19.2. The maximum atomic E-state index is 13.6. The van der Waals surface area contributed by atoms with Crippen LogP contribution in [0.1, 0.15) is 42.9 Å². The maximum absolute atomic E-state index is 13.6. The predicted molar refractivity (Wildman–Crippen MR) is 121 cm³/mol. The van der Waals surface area contributed by atoms with Gasteiger partial charge in [0.15, 0.2) is 5.65 Å². The van der Waals surface area contributed by atoms with Gasteiger partial charge in [-0.15, -0.1) is 0 Å². The van der Waals surface area contributed by atoms with Gasteiger partial charge in [0.2, 0.25) is 5.95 Å². The van der Waals surface area contributed by atoms with Crippen molar-refractivity contribution in [3.8, 4) is 17.3 Å². The number of rotatable bonds is 6. The molecule has 4 heterocycles. The number of anilines is 1. The van der Waals surface area contributed by atoms with Crippen molar-refractivity contribution in [2.75, 3.05) is 5.32 Å². The molecule has 37 heavy (non-hydrogen) atoms. The Kier molecular flexibility index (Phi) is 6.45. The van der Waals surface area contributed by atoms with Crippen molar-refractivity contribution in [3.63, 3.8) is 0 Å². The summed E-state index contributed by atoms with van der Waals surface area (Å²) in [4.78, 5) is 16.7. The van der Waals surface area contributed by atoms with E-state index in [0.717, 1.165) is 36.3 Å². The van der Waals surface area contributed by atoms with Gasteiger partial charge in [-0.25, -0.2) is 28.7 Å². The van der Waals surface area contributed by atoms with E-state index < -0.39 is 30.4 Å². The van der Waals surface area contributed by atoms with E-state index in [1.54, 1.807) is 12.4 Å². The standard InChI is InChI=1S/C23H20F5N9/c24-19(25)11-36-10-14(8-33-36)20-17(23(26,27)28)9-31-22(35-20)34-15-2-1-3-16(5-15)37-12-32-18-4-13(6-29)7-30-21(18)37/h4,7-10,12,15-16,19H,1-3,5,11H2,(H,31,34,35)/t15-,16+/m1/s1. The van der Waals surface area contributed by atoms with Crippen LogP contribution in [0.25, 0.3) is 22.4 Å². The van der Waals surface area contributed by atoms with Crippen molar-refractivity contribution in [3.05, 3.63) is 48.3 Å². The van der Waals surface area contributed by atoms with Crippen molar-refractivity contribution < 1.29 is 22.0 Å². The first-order valence-corrected chi connectivity index (χ1v) is 11.5. The lowest BCUT2D eigenvalue weighted by atomic mass is 9.91. The van der Waals surface area contributed by atoms with Crippen molar-refractivity contribution in [1.82, 2.24) is 34.3 Å². The first-order chi connectivity index (χ1) is 17.7. The predicted octanol–water partition coefficient (Wildman–Crippen LogP) is 4.84. The molecule has 1 aliphatic rings. The molecule has 0 unspecified atom stereocenters. The number of halogens is 5. The summed E-state index contributed by atoms with van der Waals surface area (Å²) in [7, 11) is 0. The molecule has 0 amide bonds. The zero-order chi connectivity index (χ0) is 26.2. The van der Waals surface area contributed by atoms with Gasteiger partial charge in [0.1, 0.15) is 23.7 Å². The molecule has 1 N–H and O–H groups in total. The Balaban J connectivity index is 1.38. The monoisotopic (exact) mass is 517 g/mol. The van der Waals surface area contributed by atoms with Crippen LogP contribution in [-0.4, -0.2) is 46.8 Å². The van der Waals surface area contributed by atoms with Gasteiger partial charge in [0.05, 0.1) is 23.8 Å². The fourth-order valence-electron chi connectivity index (χ4n) is 4.58. The number of aromatic nitrogens is 7. The summed E-state index contributed by atoms with van der Waals surface area (Å²) >= 11 is 0. The number of nitrogens with one attached hydrogen (secondary N) is 1. The lowest BCUT2D eigenvalue weighted by molar-refractivity contribution is -0.137. The Morgan fingerprint density at radius 3 is 2.73 bits per heavy atom. The van der Waals surface area contributed by atoms with Crippen LogP contribution in [0, 0.1) is 11.3 Å².